The van der Waals surface area contributed by atoms with Crippen LogP contribution in [0.5, 0.6) is 11.8 Å². The van der Waals surface area contributed by atoms with Gasteiger partial charge in [-0.25, -0.2) is 4.98 Å². The van der Waals surface area contributed by atoms with Crippen molar-refractivity contribution in [2.24, 2.45) is 0 Å². The highest BCUT2D eigenvalue weighted by molar-refractivity contribution is 5.59. The third-order valence-corrected chi connectivity index (χ3v) is 5.35. The molecular formula is C19H23N3O2. The van der Waals surface area contributed by atoms with Gasteiger partial charge in [0, 0.05) is 36.7 Å². The predicted molar refractivity (Wildman–Crippen MR) is 92.2 cm³/mol. The lowest BCUT2D eigenvalue weighted by Crippen LogP contribution is -2.44. The lowest BCUT2D eigenvalue weighted by atomic mass is 10.0. The van der Waals surface area contributed by atoms with Crippen LogP contribution in [0.2, 0.25) is 0 Å². The molecule has 2 saturated heterocycles. The molecule has 0 spiro atoms. The third kappa shape index (κ3) is 2.96. The van der Waals surface area contributed by atoms with Gasteiger partial charge in [-0.15, -0.1) is 0 Å². The van der Waals surface area contributed by atoms with Crippen LogP contribution in [0, 0.1) is 0 Å². The summed E-state index contributed by atoms with van der Waals surface area (Å²) >= 11 is 0. The second-order valence-electron chi connectivity index (χ2n) is 6.71. The number of piperidine rings is 1. The van der Waals surface area contributed by atoms with Crippen molar-refractivity contribution in [3.63, 3.8) is 0 Å². The highest BCUT2D eigenvalue weighted by atomic mass is 16.5. The van der Waals surface area contributed by atoms with Crippen molar-refractivity contribution >= 4 is 0 Å². The van der Waals surface area contributed by atoms with Crippen molar-refractivity contribution in [2.75, 3.05) is 14.2 Å². The Kier molecular flexibility index (Phi) is 4.10. The molecule has 126 valence electrons. The number of methoxy groups -OCH3 is 1. The van der Waals surface area contributed by atoms with E-state index < -0.39 is 0 Å². The van der Waals surface area contributed by atoms with Crippen molar-refractivity contribution in [1.82, 2.24) is 14.9 Å². The molecule has 2 unspecified atom stereocenters. The van der Waals surface area contributed by atoms with E-state index in [0.29, 0.717) is 18.1 Å². The monoisotopic (exact) mass is 325 g/mol. The number of fused-ring (bicyclic) bond motifs is 2. The minimum Gasteiger partial charge on any atom is -0.497 e. The zero-order valence-electron chi connectivity index (χ0n) is 14.2. The van der Waals surface area contributed by atoms with Gasteiger partial charge in [-0.1, -0.05) is 0 Å². The molecule has 2 aliphatic heterocycles. The summed E-state index contributed by atoms with van der Waals surface area (Å²) in [5.74, 6) is 0.839. The topological polar surface area (TPSA) is 47.5 Å². The minimum atomic E-state index is 0.227. The summed E-state index contributed by atoms with van der Waals surface area (Å²) in [6.45, 7) is 0. The van der Waals surface area contributed by atoms with Gasteiger partial charge in [0.1, 0.15) is 11.9 Å². The molecule has 0 amide bonds. The number of aromatic nitrogens is 2. The zero-order chi connectivity index (χ0) is 16.5. The summed E-state index contributed by atoms with van der Waals surface area (Å²) in [7, 11) is 3.90. The van der Waals surface area contributed by atoms with Gasteiger partial charge in [-0.3, -0.25) is 0 Å². The van der Waals surface area contributed by atoms with Crippen molar-refractivity contribution in [3.05, 3.63) is 36.5 Å². The van der Waals surface area contributed by atoms with Gasteiger partial charge in [0.25, 0.3) is 0 Å². The molecule has 4 rings (SSSR count). The van der Waals surface area contributed by atoms with E-state index in [0.717, 1.165) is 29.8 Å². The van der Waals surface area contributed by atoms with Crippen molar-refractivity contribution in [2.45, 2.75) is 43.9 Å². The third-order valence-electron chi connectivity index (χ3n) is 5.35. The Labute approximate surface area is 142 Å². The Bertz CT molecular complexity index is 690. The molecule has 0 N–H and O–H groups in total. The fourth-order valence-electron chi connectivity index (χ4n) is 3.93. The number of rotatable bonds is 4. The van der Waals surface area contributed by atoms with Crippen LogP contribution in [0.1, 0.15) is 25.7 Å². The first kappa shape index (κ1) is 15.4. The van der Waals surface area contributed by atoms with E-state index in [1.807, 2.05) is 30.3 Å². The SMILES string of the molecule is COc1ccc(-c2ccnc(OC3CC4CCC(C3)N4C)n2)cc1. The Balaban J connectivity index is 1.48. The summed E-state index contributed by atoms with van der Waals surface area (Å²) < 4.78 is 11.3. The molecule has 0 radical (unpaired) electrons. The first-order valence-electron chi connectivity index (χ1n) is 8.59. The fourth-order valence-corrected chi connectivity index (χ4v) is 3.93. The van der Waals surface area contributed by atoms with E-state index in [1.54, 1.807) is 13.3 Å². The van der Waals surface area contributed by atoms with Crippen molar-refractivity contribution in [1.29, 1.82) is 0 Å². The zero-order valence-corrected chi connectivity index (χ0v) is 14.2. The number of benzene rings is 1. The normalized spacial score (nSPS) is 26.3. The van der Waals surface area contributed by atoms with E-state index in [4.69, 9.17) is 9.47 Å². The molecule has 2 atom stereocenters. The van der Waals surface area contributed by atoms with Crippen LogP contribution in [0.4, 0.5) is 0 Å². The molecule has 5 nitrogen and oxygen atoms in total. The lowest BCUT2D eigenvalue weighted by Gasteiger charge is -2.35. The average Bonchev–Trinajstić information content (AvgIpc) is 2.83. The maximum atomic E-state index is 6.12. The number of nitrogens with zero attached hydrogens (tertiary/aromatic N) is 3. The molecular weight excluding hydrogens is 302 g/mol. The smallest absolute Gasteiger partial charge is 0.317 e. The largest absolute Gasteiger partial charge is 0.497 e. The Morgan fingerprint density at radius 2 is 1.75 bits per heavy atom. The van der Waals surface area contributed by atoms with Gasteiger partial charge >= 0.3 is 6.01 Å². The second-order valence-corrected chi connectivity index (χ2v) is 6.71. The molecule has 3 heterocycles. The van der Waals surface area contributed by atoms with E-state index in [2.05, 4.69) is 21.9 Å². The van der Waals surface area contributed by atoms with E-state index in [1.165, 1.54) is 12.8 Å². The number of ether oxygens (including phenoxy) is 2. The van der Waals surface area contributed by atoms with E-state index in [-0.39, 0.29) is 6.10 Å². The van der Waals surface area contributed by atoms with Crippen molar-refractivity contribution in [3.8, 4) is 23.0 Å². The van der Waals surface area contributed by atoms with Crippen LogP contribution in [0.3, 0.4) is 0 Å². The summed E-state index contributed by atoms with van der Waals surface area (Å²) in [6.07, 6.45) is 6.71. The van der Waals surface area contributed by atoms with Gasteiger partial charge in [0.15, 0.2) is 0 Å². The predicted octanol–water partition coefficient (Wildman–Crippen LogP) is 3.16. The fraction of sp³-hybridized carbons (Fsp3) is 0.474. The Hall–Kier alpha value is -2.14. The summed E-state index contributed by atoms with van der Waals surface area (Å²) in [4.78, 5) is 11.4. The molecule has 1 aromatic heterocycles. The van der Waals surface area contributed by atoms with Gasteiger partial charge in [-0.2, -0.15) is 4.98 Å². The molecule has 0 saturated carbocycles. The molecule has 5 heteroatoms. The molecule has 24 heavy (non-hydrogen) atoms. The molecule has 2 aliphatic rings. The Morgan fingerprint density at radius 1 is 1.04 bits per heavy atom. The maximum Gasteiger partial charge on any atom is 0.317 e. The first-order chi connectivity index (χ1) is 11.7. The average molecular weight is 325 g/mol. The Morgan fingerprint density at radius 3 is 2.42 bits per heavy atom. The highest BCUT2D eigenvalue weighted by Gasteiger charge is 2.39. The molecule has 1 aromatic carbocycles. The minimum absolute atomic E-state index is 0.227. The van der Waals surface area contributed by atoms with Crippen LogP contribution < -0.4 is 9.47 Å². The van der Waals surface area contributed by atoms with Crippen LogP contribution in [0.25, 0.3) is 11.3 Å². The second kappa shape index (κ2) is 6.40. The standard InChI is InChI=1S/C19H23N3O2/c1-22-14-5-6-15(22)12-17(11-14)24-19-20-10-9-18(21-19)13-3-7-16(23-2)8-4-13/h3-4,7-10,14-15,17H,5-6,11-12H2,1-2H3. The summed E-state index contributed by atoms with van der Waals surface area (Å²) in [5.41, 5.74) is 1.91. The van der Waals surface area contributed by atoms with E-state index in [9.17, 15) is 0 Å². The van der Waals surface area contributed by atoms with E-state index >= 15 is 0 Å². The lowest BCUT2D eigenvalue weighted by molar-refractivity contribution is 0.0601. The quantitative estimate of drug-likeness (QED) is 0.864. The number of hydrogen-bond donors (Lipinski definition) is 0. The van der Waals surface area contributed by atoms with Crippen molar-refractivity contribution < 1.29 is 9.47 Å². The van der Waals surface area contributed by atoms with Gasteiger partial charge < -0.3 is 14.4 Å². The van der Waals surface area contributed by atoms with Crippen LogP contribution in [-0.4, -0.2) is 47.2 Å². The molecule has 2 fully saturated rings. The molecule has 2 bridgehead atoms. The molecule has 2 aromatic rings. The molecule has 0 aliphatic carbocycles. The highest BCUT2D eigenvalue weighted by Crippen LogP contribution is 2.35. The van der Waals surface area contributed by atoms with Gasteiger partial charge in [0.2, 0.25) is 0 Å². The van der Waals surface area contributed by atoms with Gasteiger partial charge in [0.05, 0.1) is 12.8 Å². The maximum absolute atomic E-state index is 6.12. The number of hydrogen-bond acceptors (Lipinski definition) is 5. The summed E-state index contributed by atoms with van der Waals surface area (Å²) in [6, 6.07) is 11.6. The first-order valence-corrected chi connectivity index (χ1v) is 8.59. The van der Waals surface area contributed by atoms with Gasteiger partial charge in [-0.05, 0) is 50.2 Å². The van der Waals surface area contributed by atoms with Crippen LogP contribution >= 0.6 is 0 Å². The van der Waals surface area contributed by atoms with Crippen LogP contribution in [-0.2, 0) is 0 Å². The van der Waals surface area contributed by atoms with Crippen LogP contribution in [0.15, 0.2) is 36.5 Å². The summed E-state index contributed by atoms with van der Waals surface area (Å²) in [5, 5.41) is 0.